The smallest absolute Gasteiger partial charge is 0.178 e. The van der Waals surface area contributed by atoms with Crippen LogP contribution in [0.25, 0.3) is 0 Å². The Kier molecular flexibility index (Phi) is 5.88. The van der Waals surface area contributed by atoms with Crippen molar-refractivity contribution in [2.24, 2.45) is 0 Å². The summed E-state index contributed by atoms with van der Waals surface area (Å²) in [5.41, 5.74) is 2.74. The molecular weight excluding hydrogens is 370 g/mol. The van der Waals surface area contributed by atoms with E-state index in [4.69, 9.17) is 10.00 Å². The van der Waals surface area contributed by atoms with Crippen LogP contribution < -0.4 is 9.46 Å². The van der Waals surface area contributed by atoms with Crippen LogP contribution in [0, 0.1) is 18.3 Å². The first-order valence-corrected chi connectivity index (χ1v) is 10.9. The van der Waals surface area contributed by atoms with Crippen LogP contribution in [0.3, 0.4) is 0 Å². The number of hydrogen-bond acceptors (Lipinski definition) is 5. The Morgan fingerprint density at radius 3 is 2.71 bits per heavy atom. The molecule has 1 N–H and O–H groups in total. The molecule has 2 aromatic rings. The second-order valence-electron chi connectivity index (χ2n) is 7.66. The van der Waals surface area contributed by atoms with E-state index in [2.05, 4.69) is 40.0 Å². The van der Waals surface area contributed by atoms with Crippen molar-refractivity contribution in [2.45, 2.75) is 49.8 Å². The molecule has 2 aromatic carbocycles. The summed E-state index contributed by atoms with van der Waals surface area (Å²) in [6.45, 7) is 4.65. The Hall–Kier alpha value is -2.04. The fourth-order valence-electron chi connectivity index (χ4n) is 3.47. The molecule has 4 rings (SSSR count). The quantitative estimate of drug-likeness (QED) is 0.729. The lowest BCUT2D eigenvalue weighted by molar-refractivity contribution is 0.302. The predicted molar refractivity (Wildman–Crippen MR) is 109 cm³/mol. The minimum Gasteiger partial charge on any atom is -0.593 e. The van der Waals surface area contributed by atoms with Crippen LogP contribution in [-0.2, 0) is 17.9 Å². The highest BCUT2D eigenvalue weighted by Crippen LogP contribution is 2.27. The normalized spacial score (nSPS) is 20.7. The molecule has 2 atom stereocenters. The number of rotatable bonds is 7. The first-order valence-electron chi connectivity index (χ1n) is 9.77. The zero-order valence-corrected chi connectivity index (χ0v) is 16.9. The second-order valence-corrected chi connectivity index (χ2v) is 8.87. The van der Waals surface area contributed by atoms with Crippen molar-refractivity contribution in [2.75, 3.05) is 13.1 Å². The molecule has 1 aliphatic heterocycles. The van der Waals surface area contributed by atoms with Crippen molar-refractivity contribution in [3.63, 3.8) is 0 Å². The maximum Gasteiger partial charge on any atom is 0.178 e. The van der Waals surface area contributed by atoms with Crippen LogP contribution in [0.4, 0.5) is 0 Å². The lowest BCUT2D eigenvalue weighted by Gasteiger charge is -2.19. The fourth-order valence-corrected chi connectivity index (χ4v) is 4.68. The van der Waals surface area contributed by atoms with Gasteiger partial charge in [-0.15, -0.1) is 4.72 Å². The van der Waals surface area contributed by atoms with E-state index >= 15 is 0 Å². The van der Waals surface area contributed by atoms with E-state index in [9.17, 15) is 4.55 Å². The van der Waals surface area contributed by atoms with Gasteiger partial charge in [-0.25, -0.2) is 0 Å². The van der Waals surface area contributed by atoms with Crippen LogP contribution in [0.15, 0.2) is 47.4 Å². The molecule has 0 amide bonds. The van der Waals surface area contributed by atoms with Crippen molar-refractivity contribution in [1.82, 2.24) is 9.62 Å². The molecule has 5 nitrogen and oxygen atoms in total. The third kappa shape index (κ3) is 4.86. The molecule has 1 heterocycles. The first-order chi connectivity index (χ1) is 13.6. The van der Waals surface area contributed by atoms with E-state index in [0.29, 0.717) is 16.6 Å². The zero-order valence-electron chi connectivity index (χ0n) is 16.1. The Balaban J connectivity index is 1.29. The molecule has 146 valence electrons. The molecule has 2 fully saturated rings. The Bertz CT molecular complexity index is 861. The molecule has 0 aromatic heterocycles. The number of aryl methyl sites for hydroxylation is 1. The average molecular weight is 396 g/mol. The molecule has 28 heavy (non-hydrogen) atoms. The highest BCUT2D eigenvalue weighted by atomic mass is 32.2. The summed E-state index contributed by atoms with van der Waals surface area (Å²) in [5, 5.41) is 9.07. The molecule has 0 spiro atoms. The summed E-state index contributed by atoms with van der Waals surface area (Å²) < 4.78 is 21.8. The summed E-state index contributed by atoms with van der Waals surface area (Å²) in [4.78, 5) is 3.08. The topological polar surface area (TPSA) is 71.3 Å². The maximum absolute atomic E-state index is 12.7. The van der Waals surface area contributed by atoms with E-state index in [-0.39, 0.29) is 6.04 Å². The van der Waals surface area contributed by atoms with Crippen LogP contribution in [-0.4, -0.2) is 34.7 Å². The van der Waals surface area contributed by atoms with Crippen molar-refractivity contribution < 1.29 is 9.29 Å². The zero-order chi connectivity index (χ0) is 19.5. The summed E-state index contributed by atoms with van der Waals surface area (Å²) in [6, 6.07) is 16.0. The van der Waals surface area contributed by atoms with Gasteiger partial charge in [0.15, 0.2) is 4.90 Å². The van der Waals surface area contributed by atoms with E-state index in [1.54, 1.807) is 12.1 Å². The molecule has 1 unspecified atom stereocenters. The van der Waals surface area contributed by atoms with Gasteiger partial charge in [0.25, 0.3) is 0 Å². The van der Waals surface area contributed by atoms with Crippen LogP contribution >= 0.6 is 0 Å². The van der Waals surface area contributed by atoms with Gasteiger partial charge in [-0.1, -0.05) is 18.2 Å². The monoisotopic (exact) mass is 395 g/mol. The molecule has 6 heteroatoms. The molecule has 1 saturated carbocycles. The average Bonchev–Trinajstić information content (AvgIpc) is 3.41. The third-order valence-corrected chi connectivity index (χ3v) is 6.61. The van der Waals surface area contributed by atoms with E-state index < -0.39 is 11.4 Å². The Morgan fingerprint density at radius 1 is 1.21 bits per heavy atom. The van der Waals surface area contributed by atoms with Crippen LogP contribution in [0.1, 0.15) is 36.0 Å². The molecule has 0 bridgehead atoms. The van der Waals surface area contributed by atoms with E-state index in [1.807, 2.05) is 13.0 Å². The van der Waals surface area contributed by atoms with Crippen LogP contribution in [0.2, 0.25) is 0 Å². The van der Waals surface area contributed by atoms with Crippen molar-refractivity contribution in [3.8, 4) is 11.8 Å². The predicted octanol–water partition coefficient (Wildman–Crippen LogP) is 3.29. The molecule has 0 radical (unpaired) electrons. The van der Waals surface area contributed by atoms with Gasteiger partial charge in [0.05, 0.1) is 35.1 Å². The van der Waals surface area contributed by atoms with Gasteiger partial charge in [-0.3, -0.25) is 4.90 Å². The molecular formula is C22H25N3O2S. The summed E-state index contributed by atoms with van der Waals surface area (Å²) in [7, 11) is 0. The number of hydrogen-bond donors (Lipinski definition) is 1. The molecule has 2 aliphatic rings. The number of likely N-dealkylation sites (tertiary alicyclic amines) is 1. The van der Waals surface area contributed by atoms with Gasteiger partial charge in [-0.2, -0.15) is 5.26 Å². The SMILES string of the molecule is Cc1ccc(C#N)cc1[S+]([O-])N[C@@H]1CCN(Cc2ccc(OC3CC3)cc2)C1. The van der Waals surface area contributed by atoms with Gasteiger partial charge < -0.3 is 9.29 Å². The van der Waals surface area contributed by atoms with Gasteiger partial charge >= 0.3 is 0 Å². The Labute approximate surface area is 169 Å². The number of nitrogens with one attached hydrogen (secondary N) is 1. The maximum atomic E-state index is 12.7. The van der Waals surface area contributed by atoms with E-state index in [1.165, 1.54) is 18.4 Å². The highest BCUT2D eigenvalue weighted by molar-refractivity contribution is 7.89. The summed E-state index contributed by atoms with van der Waals surface area (Å²) in [5.74, 6) is 0.956. The second kappa shape index (κ2) is 8.54. The van der Waals surface area contributed by atoms with Gasteiger partial charge in [0.2, 0.25) is 0 Å². The molecule has 1 saturated heterocycles. The minimum absolute atomic E-state index is 0.184. The highest BCUT2D eigenvalue weighted by Gasteiger charge is 2.28. The van der Waals surface area contributed by atoms with Gasteiger partial charge in [0, 0.05) is 31.3 Å². The largest absolute Gasteiger partial charge is 0.593 e. The third-order valence-electron chi connectivity index (χ3n) is 5.22. The van der Waals surface area contributed by atoms with Crippen molar-refractivity contribution >= 4 is 11.4 Å². The first kappa shape index (κ1) is 19.3. The number of benzene rings is 2. The standard InChI is InChI=1S/C22H25N3O2S/c1-16-2-3-18(13-23)12-22(16)28(26)24-19-10-11-25(15-19)14-17-4-6-20(7-5-17)27-21-8-9-21/h2-7,12,19,21,24H,8-11,14-15H2,1H3/t19-,28?/m1/s1. The lowest BCUT2D eigenvalue weighted by atomic mass is 10.2. The molecule has 1 aliphatic carbocycles. The number of nitrogens with zero attached hydrogens (tertiary/aromatic N) is 2. The summed E-state index contributed by atoms with van der Waals surface area (Å²) in [6.07, 6.45) is 3.73. The lowest BCUT2D eigenvalue weighted by Crippen LogP contribution is -2.37. The van der Waals surface area contributed by atoms with Crippen LogP contribution in [0.5, 0.6) is 5.75 Å². The number of ether oxygens (including phenoxy) is 1. The minimum atomic E-state index is -1.31. The van der Waals surface area contributed by atoms with Crippen molar-refractivity contribution in [3.05, 3.63) is 59.2 Å². The van der Waals surface area contributed by atoms with Crippen molar-refractivity contribution in [1.29, 1.82) is 5.26 Å². The summed E-state index contributed by atoms with van der Waals surface area (Å²) >= 11 is -1.31. The van der Waals surface area contributed by atoms with E-state index in [0.717, 1.165) is 37.4 Å². The Morgan fingerprint density at radius 2 is 2.00 bits per heavy atom. The number of nitriles is 1. The van der Waals surface area contributed by atoms with Gasteiger partial charge in [0.1, 0.15) is 5.75 Å². The fraction of sp³-hybridized carbons (Fsp3) is 0.409. The van der Waals surface area contributed by atoms with Gasteiger partial charge in [-0.05, 0) is 49.9 Å².